The molecule has 264 valence electrons. The van der Waals surface area contributed by atoms with Crippen molar-refractivity contribution in [1.29, 1.82) is 0 Å². The largest absolute Gasteiger partial charge is 0.463 e. The summed E-state index contributed by atoms with van der Waals surface area (Å²) in [5.41, 5.74) is 0. The topological polar surface area (TPSA) is 81.7 Å². The Morgan fingerprint density at radius 3 is 1.07 bits per heavy atom. The first-order valence-electron chi connectivity index (χ1n) is 18.4. The summed E-state index contributed by atoms with van der Waals surface area (Å²) >= 11 is 0. The van der Waals surface area contributed by atoms with Crippen LogP contribution in [-0.4, -0.2) is 91.9 Å². The summed E-state index contributed by atoms with van der Waals surface area (Å²) in [6.07, 6.45) is 23.2. The van der Waals surface area contributed by atoms with Crippen molar-refractivity contribution in [2.24, 2.45) is 5.92 Å². The van der Waals surface area contributed by atoms with Crippen LogP contribution < -0.4 is 0 Å². The van der Waals surface area contributed by atoms with E-state index < -0.39 is 0 Å². The Bertz CT molecular complexity index is 548. The number of hydrogen-bond acceptors (Lipinski definition) is 8. The lowest BCUT2D eigenvalue weighted by Crippen LogP contribution is -2.20. The Labute approximate surface area is 271 Å². The maximum absolute atomic E-state index is 12.0. The average Bonchev–Trinajstić information content (AvgIpc) is 3.03. The first-order chi connectivity index (χ1) is 21.8. The van der Waals surface area contributed by atoms with Crippen LogP contribution in [0.5, 0.6) is 0 Å². The Kier molecular flexibility index (Phi) is 37.7. The van der Waals surface area contributed by atoms with Crippen molar-refractivity contribution in [3.63, 3.8) is 0 Å². The van der Waals surface area contributed by atoms with Crippen molar-refractivity contribution in [2.75, 3.05) is 85.9 Å². The molecule has 0 fully saturated rings. The number of hydrogen-bond donors (Lipinski definition) is 0. The number of carbonyl (C=O) groups excluding carboxylic acids is 1. The second-order valence-corrected chi connectivity index (χ2v) is 11.7. The molecule has 0 N–H and O–H groups in total. The van der Waals surface area contributed by atoms with E-state index in [4.69, 9.17) is 33.2 Å². The highest BCUT2D eigenvalue weighted by Gasteiger charge is 2.16. The van der Waals surface area contributed by atoms with Gasteiger partial charge in [0.15, 0.2) is 0 Å². The van der Waals surface area contributed by atoms with E-state index in [-0.39, 0.29) is 11.9 Å². The molecule has 0 aromatic heterocycles. The monoisotopic (exact) mass is 633 g/mol. The zero-order chi connectivity index (χ0) is 32.0. The molecule has 0 aliphatic carbocycles. The van der Waals surface area contributed by atoms with Crippen molar-refractivity contribution in [1.82, 2.24) is 0 Å². The maximum Gasteiger partial charge on any atom is 0.308 e. The van der Waals surface area contributed by atoms with Crippen molar-refractivity contribution < 1.29 is 38.0 Å². The molecule has 0 spiro atoms. The lowest BCUT2D eigenvalue weighted by molar-refractivity contribution is -0.150. The maximum atomic E-state index is 12.0. The van der Waals surface area contributed by atoms with Crippen molar-refractivity contribution in [2.45, 2.75) is 136 Å². The van der Waals surface area contributed by atoms with Crippen molar-refractivity contribution in [3.8, 4) is 0 Å². The molecule has 0 heterocycles. The SMILES string of the molecule is CCCCCCCCCCCCCCCCOCCOCCOCCOCCOCCOCCOC(=O)C(CC)CCCC. The van der Waals surface area contributed by atoms with Gasteiger partial charge in [0.05, 0.1) is 78.6 Å². The van der Waals surface area contributed by atoms with Gasteiger partial charge in [-0.2, -0.15) is 0 Å². The van der Waals surface area contributed by atoms with Gasteiger partial charge in [-0.15, -0.1) is 0 Å². The molecule has 0 aromatic carbocycles. The fourth-order valence-electron chi connectivity index (χ4n) is 4.86. The first kappa shape index (κ1) is 43.2. The Balaban J connectivity index is 3.14. The number of unbranched alkanes of at least 4 members (excludes halogenated alkanes) is 14. The molecule has 0 radical (unpaired) electrons. The summed E-state index contributed by atoms with van der Waals surface area (Å²) in [6, 6.07) is 0. The highest BCUT2D eigenvalue weighted by atomic mass is 16.6. The molecule has 8 nitrogen and oxygen atoms in total. The molecule has 0 rings (SSSR count). The molecular weight excluding hydrogens is 560 g/mol. The molecule has 0 aromatic rings. The van der Waals surface area contributed by atoms with Crippen LogP contribution in [0.1, 0.15) is 136 Å². The van der Waals surface area contributed by atoms with Crippen LogP contribution >= 0.6 is 0 Å². The van der Waals surface area contributed by atoms with Gasteiger partial charge in [-0.25, -0.2) is 0 Å². The van der Waals surface area contributed by atoms with Crippen LogP contribution in [0.25, 0.3) is 0 Å². The fraction of sp³-hybridized carbons (Fsp3) is 0.972. The van der Waals surface area contributed by atoms with E-state index in [1.807, 2.05) is 6.92 Å². The third-order valence-corrected chi connectivity index (χ3v) is 7.71. The Morgan fingerprint density at radius 2 is 0.705 bits per heavy atom. The van der Waals surface area contributed by atoms with Gasteiger partial charge in [-0.1, -0.05) is 117 Å². The van der Waals surface area contributed by atoms with E-state index in [2.05, 4.69) is 13.8 Å². The molecule has 0 bridgehead atoms. The summed E-state index contributed by atoms with van der Waals surface area (Å²) < 4.78 is 38.5. The lowest BCUT2D eigenvalue weighted by Gasteiger charge is -2.13. The molecule has 0 amide bonds. The highest BCUT2D eigenvalue weighted by molar-refractivity contribution is 5.72. The van der Waals surface area contributed by atoms with Crippen LogP contribution in [-0.2, 0) is 38.0 Å². The predicted octanol–water partition coefficient (Wildman–Crippen LogP) is 8.33. The third-order valence-electron chi connectivity index (χ3n) is 7.71. The summed E-state index contributed by atoms with van der Waals surface area (Å²) in [7, 11) is 0. The van der Waals surface area contributed by atoms with E-state index in [9.17, 15) is 4.79 Å². The number of ether oxygens (including phenoxy) is 7. The van der Waals surface area contributed by atoms with Gasteiger partial charge in [0.25, 0.3) is 0 Å². The van der Waals surface area contributed by atoms with E-state index in [0.29, 0.717) is 79.3 Å². The van der Waals surface area contributed by atoms with Gasteiger partial charge >= 0.3 is 5.97 Å². The molecule has 8 heteroatoms. The zero-order valence-electron chi connectivity index (χ0n) is 29.3. The minimum absolute atomic E-state index is 0.00966. The molecule has 0 saturated carbocycles. The van der Waals surface area contributed by atoms with Crippen LogP contribution in [0, 0.1) is 5.92 Å². The second-order valence-electron chi connectivity index (χ2n) is 11.7. The lowest BCUT2D eigenvalue weighted by atomic mass is 10.00. The van der Waals surface area contributed by atoms with Crippen LogP contribution in [0.2, 0.25) is 0 Å². The fourth-order valence-corrected chi connectivity index (χ4v) is 4.86. The summed E-state index contributed by atoms with van der Waals surface area (Å²) in [6.45, 7) is 13.4. The number of rotatable bonds is 38. The molecule has 1 atom stereocenters. The molecule has 0 aliphatic heterocycles. The van der Waals surface area contributed by atoms with Gasteiger partial charge in [-0.3, -0.25) is 4.79 Å². The van der Waals surface area contributed by atoms with Crippen LogP contribution in [0.3, 0.4) is 0 Å². The minimum Gasteiger partial charge on any atom is -0.463 e. The van der Waals surface area contributed by atoms with Crippen molar-refractivity contribution in [3.05, 3.63) is 0 Å². The van der Waals surface area contributed by atoms with Gasteiger partial charge < -0.3 is 33.2 Å². The Hall–Kier alpha value is -0.770. The second kappa shape index (κ2) is 38.4. The average molecular weight is 633 g/mol. The molecule has 1 unspecified atom stereocenters. The predicted molar refractivity (Wildman–Crippen MR) is 179 cm³/mol. The summed E-state index contributed by atoms with van der Waals surface area (Å²) in [5.74, 6) is -0.0970. The van der Waals surface area contributed by atoms with E-state index in [0.717, 1.165) is 38.7 Å². The van der Waals surface area contributed by atoms with Crippen molar-refractivity contribution >= 4 is 5.97 Å². The zero-order valence-corrected chi connectivity index (χ0v) is 29.3. The third kappa shape index (κ3) is 34.1. The standard InChI is InChI=1S/C36H72O8/c1-4-7-9-10-11-12-13-14-15-16-17-18-19-20-22-38-23-24-39-25-26-40-27-28-41-29-30-42-31-32-43-33-34-44-36(37)35(6-3)21-8-5-2/h35H,4-34H2,1-3H3. The smallest absolute Gasteiger partial charge is 0.308 e. The summed E-state index contributed by atoms with van der Waals surface area (Å²) in [5, 5.41) is 0. The molecule has 44 heavy (non-hydrogen) atoms. The van der Waals surface area contributed by atoms with E-state index >= 15 is 0 Å². The van der Waals surface area contributed by atoms with Gasteiger partial charge in [-0.05, 0) is 19.3 Å². The molecule has 0 saturated heterocycles. The summed E-state index contributed by atoms with van der Waals surface area (Å²) in [4.78, 5) is 12.0. The quantitative estimate of drug-likeness (QED) is 0.0496. The normalized spacial score (nSPS) is 12.2. The first-order valence-corrected chi connectivity index (χ1v) is 18.4. The highest BCUT2D eigenvalue weighted by Crippen LogP contribution is 2.14. The number of carbonyl (C=O) groups is 1. The van der Waals surface area contributed by atoms with Gasteiger partial charge in [0.1, 0.15) is 6.61 Å². The van der Waals surface area contributed by atoms with Gasteiger partial charge in [0.2, 0.25) is 0 Å². The molecule has 0 aliphatic rings. The van der Waals surface area contributed by atoms with Crippen LogP contribution in [0.15, 0.2) is 0 Å². The molecular formula is C36H72O8. The van der Waals surface area contributed by atoms with Crippen LogP contribution in [0.4, 0.5) is 0 Å². The van der Waals surface area contributed by atoms with E-state index in [1.165, 1.54) is 83.5 Å². The Morgan fingerprint density at radius 1 is 0.386 bits per heavy atom. The number of esters is 1. The van der Waals surface area contributed by atoms with E-state index in [1.54, 1.807) is 0 Å². The minimum atomic E-state index is -0.107. The van der Waals surface area contributed by atoms with Gasteiger partial charge in [0, 0.05) is 6.61 Å².